The van der Waals surface area contributed by atoms with Crippen molar-refractivity contribution in [2.45, 2.75) is 35.4 Å². The molecule has 3 N–H and O–H groups in total. The van der Waals surface area contributed by atoms with Crippen LogP contribution in [0.4, 0.5) is 16.3 Å². The number of carbonyl (C=O) groups is 1. The van der Waals surface area contributed by atoms with E-state index >= 15 is 0 Å². The summed E-state index contributed by atoms with van der Waals surface area (Å²) in [6.45, 7) is 4.33. The second kappa shape index (κ2) is 12.5. The Balaban J connectivity index is 1.60. The molecular formula is C29H35N5O6S. The first kappa shape index (κ1) is 28.9. The largest absolute Gasteiger partial charge is 0.395 e. The maximum Gasteiger partial charge on any atom is 0.319 e. The Morgan fingerprint density at radius 2 is 1.78 bits per heavy atom. The van der Waals surface area contributed by atoms with E-state index in [1.54, 1.807) is 54.6 Å². The summed E-state index contributed by atoms with van der Waals surface area (Å²) in [4.78, 5) is 24.2. The number of anilines is 2. The monoisotopic (exact) mass is 581 g/mol. The van der Waals surface area contributed by atoms with Crippen LogP contribution < -0.4 is 15.5 Å². The van der Waals surface area contributed by atoms with Crippen LogP contribution in [0.3, 0.4) is 0 Å². The van der Waals surface area contributed by atoms with E-state index in [0.717, 1.165) is 0 Å². The third-order valence-electron chi connectivity index (χ3n) is 7.51. The van der Waals surface area contributed by atoms with Gasteiger partial charge in [0.1, 0.15) is 10.6 Å². The summed E-state index contributed by atoms with van der Waals surface area (Å²) in [6.07, 6.45) is 0.537. The molecule has 218 valence electrons. The summed E-state index contributed by atoms with van der Waals surface area (Å²) < 4.78 is 38.6. The number of nitrogens with zero attached hydrogens (tertiary/aromatic N) is 3. The molecular weight excluding hydrogens is 546 g/mol. The topological polar surface area (TPSA) is 143 Å². The summed E-state index contributed by atoms with van der Waals surface area (Å²) in [7, 11) is -3.85. The molecule has 0 unspecified atom stereocenters. The van der Waals surface area contributed by atoms with Crippen LogP contribution in [0.2, 0.25) is 0 Å². The number of amides is 2. The first-order chi connectivity index (χ1) is 19.8. The highest BCUT2D eigenvalue weighted by Gasteiger charge is 2.49. The van der Waals surface area contributed by atoms with Crippen molar-refractivity contribution in [2.24, 2.45) is 0 Å². The lowest BCUT2D eigenvalue weighted by molar-refractivity contribution is 0.0729. The molecule has 12 heteroatoms. The number of aliphatic hydroxyl groups excluding tert-OH is 1. The number of nitrogens with one attached hydrogen (secondary N) is 2. The summed E-state index contributed by atoms with van der Waals surface area (Å²) in [5.74, 6) is 1.03. The Kier molecular flexibility index (Phi) is 8.83. The fraction of sp³-hybridized carbons (Fsp3) is 0.414. The molecule has 1 atom stereocenters. The zero-order valence-electron chi connectivity index (χ0n) is 23.0. The number of benzene rings is 2. The number of hydrogen-bond donors (Lipinski definition) is 3. The summed E-state index contributed by atoms with van der Waals surface area (Å²) in [6, 6.07) is 17.0. The number of urea groups is 1. The maximum absolute atomic E-state index is 14.3. The normalized spacial score (nSPS) is 19.0. The van der Waals surface area contributed by atoms with Crippen LogP contribution in [0.15, 0.2) is 65.6 Å². The van der Waals surface area contributed by atoms with Gasteiger partial charge in [0, 0.05) is 43.6 Å². The zero-order valence-corrected chi connectivity index (χ0v) is 23.8. The summed E-state index contributed by atoms with van der Waals surface area (Å²) in [5.41, 5.74) is 1.67. The lowest BCUT2D eigenvalue weighted by Gasteiger charge is -2.38. The highest BCUT2D eigenvalue weighted by atomic mass is 32.2. The Morgan fingerprint density at radius 1 is 1.05 bits per heavy atom. The number of carbonyl (C=O) groups excluding carboxylic acids is 1. The van der Waals surface area contributed by atoms with E-state index in [2.05, 4.69) is 15.5 Å². The van der Waals surface area contributed by atoms with Gasteiger partial charge in [-0.1, -0.05) is 18.2 Å². The molecule has 2 aliphatic heterocycles. The smallest absolute Gasteiger partial charge is 0.319 e. The number of ether oxygens (including phenoxy) is 2. The molecule has 2 saturated heterocycles. The molecule has 2 aliphatic rings. The minimum Gasteiger partial charge on any atom is -0.395 e. The van der Waals surface area contributed by atoms with Gasteiger partial charge in [-0.3, -0.25) is 0 Å². The number of aromatic nitrogens is 2. The van der Waals surface area contributed by atoms with Crippen LogP contribution in [0.1, 0.15) is 25.5 Å². The Morgan fingerprint density at radius 3 is 2.46 bits per heavy atom. The minimum absolute atomic E-state index is 0.0414. The Hall–Kier alpha value is -3.58. The van der Waals surface area contributed by atoms with E-state index < -0.39 is 20.6 Å². The van der Waals surface area contributed by atoms with Crippen molar-refractivity contribution in [1.29, 1.82) is 0 Å². The van der Waals surface area contributed by atoms with Gasteiger partial charge in [0.15, 0.2) is 15.7 Å². The average Bonchev–Trinajstić information content (AvgIpc) is 3.01. The second-order valence-corrected chi connectivity index (χ2v) is 12.4. The van der Waals surface area contributed by atoms with Gasteiger partial charge in [0.2, 0.25) is 0 Å². The van der Waals surface area contributed by atoms with E-state index in [0.29, 0.717) is 61.6 Å². The molecule has 2 fully saturated rings. The second-order valence-electron chi connectivity index (χ2n) is 10.2. The van der Waals surface area contributed by atoms with Crippen molar-refractivity contribution in [3.8, 4) is 11.4 Å². The molecule has 41 heavy (non-hydrogen) atoms. The van der Waals surface area contributed by atoms with Crippen LogP contribution in [0.25, 0.3) is 11.4 Å². The molecule has 2 aromatic carbocycles. The third-order valence-corrected chi connectivity index (χ3v) is 10.0. The number of sulfone groups is 1. The maximum atomic E-state index is 14.3. The first-order valence-corrected chi connectivity index (χ1v) is 15.2. The van der Waals surface area contributed by atoms with Crippen molar-refractivity contribution in [3.05, 3.63) is 66.4 Å². The predicted octanol–water partition coefficient (Wildman–Crippen LogP) is 2.96. The number of aliphatic hydroxyl groups is 1. The molecule has 0 radical (unpaired) electrons. The van der Waals surface area contributed by atoms with E-state index in [1.165, 1.54) is 0 Å². The Labute approximate surface area is 239 Å². The molecule has 3 aromatic rings. The molecule has 0 bridgehead atoms. The van der Waals surface area contributed by atoms with Gasteiger partial charge in [-0.25, -0.2) is 23.2 Å². The summed E-state index contributed by atoms with van der Waals surface area (Å²) >= 11 is 0. The van der Waals surface area contributed by atoms with E-state index in [1.807, 2.05) is 13.0 Å². The molecule has 5 rings (SSSR count). The van der Waals surface area contributed by atoms with Crippen LogP contribution in [0, 0.1) is 0 Å². The molecule has 1 aromatic heterocycles. The van der Waals surface area contributed by atoms with Gasteiger partial charge in [-0.15, -0.1) is 0 Å². The van der Waals surface area contributed by atoms with Crippen LogP contribution in [-0.4, -0.2) is 81.7 Å². The predicted molar refractivity (Wildman–Crippen MR) is 155 cm³/mol. The highest BCUT2D eigenvalue weighted by Crippen LogP contribution is 2.44. The quantitative estimate of drug-likeness (QED) is 0.366. The standard InChI is InChI=1S/C29H35N5O6S/c1-21-20-40-18-14-34(21)26-19-25(29(11-16-39-17-12-29)41(37,38)24-5-3-2-4-6-24)32-27(33-26)22-7-9-23(10-8-22)31-28(36)30-13-15-35/h2-10,19,21,35H,11-18,20H2,1H3,(H2,30,31,36)/t21-/m0/s1. The summed E-state index contributed by atoms with van der Waals surface area (Å²) in [5, 5.41) is 14.2. The average molecular weight is 582 g/mol. The van der Waals surface area contributed by atoms with Gasteiger partial charge in [0.25, 0.3) is 0 Å². The Bertz CT molecular complexity index is 1450. The van der Waals surface area contributed by atoms with Gasteiger partial charge in [0.05, 0.1) is 36.5 Å². The van der Waals surface area contributed by atoms with Crippen molar-refractivity contribution >= 4 is 27.4 Å². The molecule has 0 saturated carbocycles. The van der Waals surface area contributed by atoms with E-state index in [4.69, 9.17) is 24.5 Å². The minimum atomic E-state index is -3.85. The highest BCUT2D eigenvalue weighted by molar-refractivity contribution is 7.92. The van der Waals surface area contributed by atoms with Gasteiger partial charge >= 0.3 is 6.03 Å². The van der Waals surface area contributed by atoms with Crippen LogP contribution in [0.5, 0.6) is 0 Å². The number of morpholine rings is 1. The molecule has 2 amide bonds. The number of hydrogen-bond acceptors (Lipinski definition) is 9. The van der Waals surface area contributed by atoms with Gasteiger partial charge < -0.3 is 30.1 Å². The fourth-order valence-electron chi connectivity index (χ4n) is 5.25. The molecule has 0 spiro atoms. The lowest BCUT2D eigenvalue weighted by atomic mass is 9.94. The van der Waals surface area contributed by atoms with Gasteiger partial charge in [-0.2, -0.15) is 0 Å². The van der Waals surface area contributed by atoms with Crippen molar-refractivity contribution in [2.75, 3.05) is 56.3 Å². The van der Waals surface area contributed by atoms with Crippen molar-refractivity contribution in [1.82, 2.24) is 15.3 Å². The number of rotatable bonds is 8. The molecule has 11 nitrogen and oxygen atoms in total. The van der Waals surface area contributed by atoms with Crippen molar-refractivity contribution in [3.63, 3.8) is 0 Å². The molecule has 3 heterocycles. The van der Waals surface area contributed by atoms with E-state index in [-0.39, 0.29) is 36.9 Å². The van der Waals surface area contributed by atoms with Gasteiger partial charge in [-0.05, 0) is 56.2 Å². The lowest BCUT2D eigenvalue weighted by Crippen LogP contribution is -2.45. The van der Waals surface area contributed by atoms with Crippen LogP contribution >= 0.6 is 0 Å². The SMILES string of the molecule is C[C@H]1COCCN1c1cc(C2(S(=O)(=O)c3ccccc3)CCOCC2)nc(-c2ccc(NC(=O)NCCO)cc2)n1. The molecule has 0 aliphatic carbocycles. The van der Waals surface area contributed by atoms with Crippen LogP contribution in [-0.2, 0) is 24.1 Å². The zero-order chi connectivity index (χ0) is 28.9. The first-order valence-electron chi connectivity index (χ1n) is 13.7. The van der Waals surface area contributed by atoms with E-state index in [9.17, 15) is 13.2 Å². The fourth-order valence-corrected chi connectivity index (χ4v) is 7.30. The van der Waals surface area contributed by atoms with Crippen molar-refractivity contribution < 1.29 is 27.8 Å². The third kappa shape index (κ3) is 6.05.